The predicted octanol–water partition coefficient (Wildman–Crippen LogP) is 3.57. The van der Waals surface area contributed by atoms with Crippen LogP contribution in [0.2, 0.25) is 0 Å². The van der Waals surface area contributed by atoms with Gasteiger partial charge in [0.05, 0.1) is 22.5 Å². The first-order valence-corrected chi connectivity index (χ1v) is 6.29. The number of nitriles is 1. The number of pyridine rings is 1. The summed E-state index contributed by atoms with van der Waals surface area (Å²) in [5.74, 6) is -0.444. The van der Waals surface area contributed by atoms with Crippen LogP contribution in [-0.2, 0) is 0 Å². The van der Waals surface area contributed by atoms with E-state index in [2.05, 4.69) is 10.3 Å². The van der Waals surface area contributed by atoms with Crippen LogP contribution in [0, 0.1) is 17.1 Å². The van der Waals surface area contributed by atoms with E-state index in [1.165, 1.54) is 18.2 Å². The Balaban J connectivity index is 2.11. The van der Waals surface area contributed by atoms with Crippen LogP contribution >= 0.6 is 0 Å². The normalized spacial score (nSPS) is 10.3. The van der Waals surface area contributed by atoms with Crippen molar-refractivity contribution in [1.29, 1.82) is 5.26 Å². The second-order valence-electron chi connectivity index (χ2n) is 4.53. The highest BCUT2D eigenvalue weighted by Gasteiger charge is 2.08. The Kier molecular flexibility index (Phi) is 3.13. The summed E-state index contributed by atoms with van der Waals surface area (Å²) in [6, 6.07) is 13.3. The third-order valence-corrected chi connectivity index (χ3v) is 3.17. The predicted molar refractivity (Wildman–Crippen MR) is 80.6 cm³/mol. The Morgan fingerprint density at radius 1 is 1.14 bits per heavy atom. The van der Waals surface area contributed by atoms with Gasteiger partial charge in [0.1, 0.15) is 11.9 Å². The van der Waals surface area contributed by atoms with Crippen LogP contribution in [-0.4, -0.2) is 4.98 Å². The van der Waals surface area contributed by atoms with Gasteiger partial charge in [-0.15, -0.1) is 0 Å². The lowest BCUT2D eigenvalue weighted by Gasteiger charge is -2.11. The van der Waals surface area contributed by atoms with Crippen LogP contribution in [0.5, 0.6) is 0 Å². The van der Waals surface area contributed by atoms with Crippen molar-refractivity contribution in [2.75, 3.05) is 11.1 Å². The molecule has 0 saturated carbocycles. The first-order valence-electron chi connectivity index (χ1n) is 6.29. The lowest BCUT2D eigenvalue weighted by molar-refractivity contribution is 0.627. The summed E-state index contributed by atoms with van der Waals surface area (Å²) < 4.78 is 13.2. The molecule has 0 bridgehead atoms. The maximum Gasteiger partial charge on any atom is 0.124 e. The van der Waals surface area contributed by atoms with Gasteiger partial charge in [0.2, 0.25) is 0 Å². The number of fused-ring (bicyclic) bond motifs is 1. The summed E-state index contributed by atoms with van der Waals surface area (Å²) in [6.45, 7) is 0. The average Bonchev–Trinajstić information content (AvgIpc) is 2.50. The van der Waals surface area contributed by atoms with E-state index in [4.69, 9.17) is 11.0 Å². The van der Waals surface area contributed by atoms with Crippen molar-refractivity contribution in [2.24, 2.45) is 0 Å². The molecule has 3 rings (SSSR count). The van der Waals surface area contributed by atoms with Gasteiger partial charge in [0.15, 0.2) is 0 Å². The molecular weight excluding hydrogens is 267 g/mol. The molecule has 0 aliphatic heterocycles. The van der Waals surface area contributed by atoms with Crippen LogP contribution in [0.25, 0.3) is 10.9 Å². The van der Waals surface area contributed by atoms with Gasteiger partial charge in [-0.3, -0.25) is 4.98 Å². The second-order valence-corrected chi connectivity index (χ2v) is 4.53. The molecule has 1 aromatic heterocycles. The van der Waals surface area contributed by atoms with E-state index in [0.717, 1.165) is 11.1 Å². The molecule has 0 unspecified atom stereocenters. The zero-order chi connectivity index (χ0) is 14.8. The van der Waals surface area contributed by atoms with Crippen LogP contribution in [0.3, 0.4) is 0 Å². The number of benzene rings is 2. The van der Waals surface area contributed by atoms with Gasteiger partial charge in [-0.2, -0.15) is 5.26 Å². The fourth-order valence-corrected chi connectivity index (χ4v) is 2.17. The summed E-state index contributed by atoms with van der Waals surface area (Å²) in [7, 11) is 0. The van der Waals surface area contributed by atoms with Gasteiger partial charge in [-0.05, 0) is 30.3 Å². The number of nitrogens with two attached hydrogens (primary N) is 1. The standard InChI is InChI=1S/C16H11FN4/c17-11-4-5-14(10(8-11)9-18)21-15-6-7-20-16-12(15)2-1-3-13(16)19/h1-8H,19H2,(H,20,21). The topological polar surface area (TPSA) is 74.7 Å². The first-order chi connectivity index (χ1) is 10.2. The van der Waals surface area contributed by atoms with Gasteiger partial charge < -0.3 is 11.1 Å². The highest BCUT2D eigenvalue weighted by molar-refractivity contribution is 5.99. The average molecular weight is 278 g/mol. The molecular formula is C16H11FN4. The molecule has 0 radical (unpaired) electrons. The Morgan fingerprint density at radius 2 is 2.00 bits per heavy atom. The van der Waals surface area contributed by atoms with E-state index in [9.17, 15) is 4.39 Å². The number of hydrogen-bond donors (Lipinski definition) is 2. The maximum atomic E-state index is 13.2. The molecule has 0 fully saturated rings. The quantitative estimate of drug-likeness (QED) is 0.703. The minimum Gasteiger partial charge on any atom is -0.397 e. The first kappa shape index (κ1) is 12.9. The molecule has 1 heterocycles. The second kappa shape index (κ2) is 5.10. The molecule has 5 heteroatoms. The molecule has 0 aliphatic carbocycles. The minimum atomic E-state index is -0.444. The van der Waals surface area contributed by atoms with Crippen molar-refractivity contribution in [3.05, 3.63) is 60.0 Å². The molecule has 0 spiro atoms. The van der Waals surface area contributed by atoms with E-state index in [1.807, 2.05) is 18.2 Å². The van der Waals surface area contributed by atoms with Gasteiger partial charge in [-0.25, -0.2) is 4.39 Å². The molecule has 21 heavy (non-hydrogen) atoms. The van der Waals surface area contributed by atoms with Gasteiger partial charge in [-0.1, -0.05) is 12.1 Å². The number of nitrogens with zero attached hydrogens (tertiary/aromatic N) is 2. The zero-order valence-electron chi connectivity index (χ0n) is 11.0. The molecule has 3 aromatic rings. The Hall–Kier alpha value is -3.13. The van der Waals surface area contributed by atoms with Crippen LogP contribution in [0.15, 0.2) is 48.7 Å². The van der Waals surface area contributed by atoms with E-state index >= 15 is 0 Å². The van der Waals surface area contributed by atoms with Crippen molar-refractivity contribution in [3.63, 3.8) is 0 Å². The lowest BCUT2D eigenvalue weighted by Crippen LogP contribution is -1.97. The molecule has 102 valence electrons. The number of para-hydroxylation sites is 1. The number of anilines is 3. The molecule has 3 N–H and O–H groups in total. The maximum absolute atomic E-state index is 13.2. The summed E-state index contributed by atoms with van der Waals surface area (Å²) in [5.41, 5.74) is 8.70. The number of nitrogens with one attached hydrogen (secondary N) is 1. The Morgan fingerprint density at radius 3 is 2.81 bits per heavy atom. The summed E-state index contributed by atoms with van der Waals surface area (Å²) >= 11 is 0. The fraction of sp³-hybridized carbons (Fsp3) is 0. The van der Waals surface area contributed by atoms with E-state index < -0.39 is 5.82 Å². The monoisotopic (exact) mass is 278 g/mol. The SMILES string of the molecule is N#Cc1cc(F)ccc1Nc1ccnc2c(N)cccc12. The Labute approximate surface area is 120 Å². The van der Waals surface area contributed by atoms with Gasteiger partial charge in [0, 0.05) is 17.3 Å². The van der Waals surface area contributed by atoms with Crippen molar-refractivity contribution in [2.45, 2.75) is 0 Å². The van der Waals surface area contributed by atoms with Crippen molar-refractivity contribution in [1.82, 2.24) is 4.98 Å². The minimum absolute atomic E-state index is 0.240. The van der Waals surface area contributed by atoms with Crippen LogP contribution < -0.4 is 11.1 Å². The summed E-state index contributed by atoms with van der Waals surface area (Å²) in [5, 5.41) is 13.1. The van der Waals surface area contributed by atoms with Gasteiger partial charge >= 0.3 is 0 Å². The Bertz CT molecular complexity index is 868. The van der Waals surface area contributed by atoms with E-state index in [-0.39, 0.29) is 5.56 Å². The molecule has 2 aromatic carbocycles. The number of aromatic nitrogens is 1. The highest BCUT2D eigenvalue weighted by atomic mass is 19.1. The largest absolute Gasteiger partial charge is 0.397 e. The number of hydrogen-bond acceptors (Lipinski definition) is 4. The number of rotatable bonds is 2. The fourth-order valence-electron chi connectivity index (χ4n) is 2.17. The third kappa shape index (κ3) is 2.35. The smallest absolute Gasteiger partial charge is 0.124 e. The summed E-state index contributed by atoms with van der Waals surface area (Å²) in [6.07, 6.45) is 1.64. The van der Waals surface area contributed by atoms with Crippen LogP contribution in [0.4, 0.5) is 21.5 Å². The molecule has 0 aliphatic rings. The molecule has 0 amide bonds. The third-order valence-electron chi connectivity index (χ3n) is 3.17. The number of halogens is 1. The van der Waals surface area contributed by atoms with E-state index in [0.29, 0.717) is 16.9 Å². The molecule has 0 atom stereocenters. The zero-order valence-corrected chi connectivity index (χ0v) is 11.0. The van der Waals surface area contributed by atoms with Crippen LogP contribution in [0.1, 0.15) is 5.56 Å². The summed E-state index contributed by atoms with van der Waals surface area (Å²) in [4.78, 5) is 4.25. The lowest BCUT2D eigenvalue weighted by atomic mass is 10.1. The number of nitrogen functional groups attached to an aromatic ring is 1. The molecule has 0 saturated heterocycles. The molecule has 4 nitrogen and oxygen atoms in total. The highest BCUT2D eigenvalue weighted by Crippen LogP contribution is 2.29. The van der Waals surface area contributed by atoms with Crippen molar-refractivity contribution < 1.29 is 4.39 Å². The van der Waals surface area contributed by atoms with E-state index in [1.54, 1.807) is 18.3 Å². The van der Waals surface area contributed by atoms with Gasteiger partial charge in [0.25, 0.3) is 0 Å². The van der Waals surface area contributed by atoms with Crippen molar-refractivity contribution in [3.8, 4) is 6.07 Å². The van der Waals surface area contributed by atoms with Crippen molar-refractivity contribution >= 4 is 28.0 Å².